The molecule has 1 aromatic carbocycles. The fourth-order valence-corrected chi connectivity index (χ4v) is 3.28. The van der Waals surface area contributed by atoms with E-state index in [1.54, 1.807) is 12.1 Å². The van der Waals surface area contributed by atoms with E-state index in [0.29, 0.717) is 0 Å². The van der Waals surface area contributed by atoms with Gasteiger partial charge < -0.3 is 10.2 Å². The Balaban J connectivity index is 2.29. The Bertz CT molecular complexity index is 432. The SMILES string of the molecule is CCC1(CC)CN(c2cc(F)ccc2Br)CCCN1. The summed E-state index contributed by atoms with van der Waals surface area (Å²) in [6, 6.07) is 4.92. The molecule has 1 N–H and O–H groups in total. The smallest absolute Gasteiger partial charge is 0.125 e. The molecule has 0 bridgehead atoms. The predicted octanol–water partition coefficient (Wildman–Crippen LogP) is 3.95. The first-order valence-corrected chi connectivity index (χ1v) is 7.84. The molecule has 0 unspecified atom stereocenters. The average Bonchev–Trinajstić information content (AvgIpc) is 2.64. The highest BCUT2D eigenvalue weighted by Gasteiger charge is 2.30. The maximum atomic E-state index is 13.5. The van der Waals surface area contributed by atoms with E-state index in [0.717, 1.165) is 49.1 Å². The van der Waals surface area contributed by atoms with Gasteiger partial charge in [-0.25, -0.2) is 4.39 Å². The first-order valence-electron chi connectivity index (χ1n) is 7.05. The summed E-state index contributed by atoms with van der Waals surface area (Å²) in [5, 5.41) is 3.68. The van der Waals surface area contributed by atoms with Gasteiger partial charge in [-0.05, 0) is 59.9 Å². The molecule has 19 heavy (non-hydrogen) atoms. The Hall–Kier alpha value is -0.610. The fourth-order valence-electron chi connectivity index (χ4n) is 2.78. The van der Waals surface area contributed by atoms with Gasteiger partial charge in [0.25, 0.3) is 0 Å². The number of anilines is 1. The Morgan fingerprint density at radius 3 is 2.79 bits per heavy atom. The molecule has 0 radical (unpaired) electrons. The van der Waals surface area contributed by atoms with Crippen LogP contribution in [0.4, 0.5) is 10.1 Å². The van der Waals surface area contributed by atoms with Gasteiger partial charge in [-0.2, -0.15) is 0 Å². The third-order valence-electron chi connectivity index (χ3n) is 4.20. The number of hydrogen-bond donors (Lipinski definition) is 1. The van der Waals surface area contributed by atoms with E-state index in [1.165, 1.54) is 6.07 Å². The van der Waals surface area contributed by atoms with Crippen LogP contribution in [0, 0.1) is 5.82 Å². The van der Waals surface area contributed by atoms with Crippen LogP contribution in [0.1, 0.15) is 33.1 Å². The van der Waals surface area contributed by atoms with Crippen LogP contribution in [0.25, 0.3) is 0 Å². The van der Waals surface area contributed by atoms with Crippen molar-refractivity contribution in [2.45, 2.75) is 38.6 Å². The van der Waals surface area contributed by atoms with Gasteiger partial charge in [0.2, 0.25) is 0 Å². The van der Waals surface area contributed by atoms with Crippen molar-refractivity contribution >= 4 is 21.6 Å². The molecule has 1 aliphatic rings. The molecule has 0 atom stereocenters. The van der Waals surface area contributed by atoms with Gasteiger partial charge in [0, 0.05) is 23.1 Å². The second-order valence-electron chi connectivity index (χ2n) is 5.29. The molecule has 0 aromatic heterocycles. The normalized spacial score (nSPS) is 19.3. The van der Waals surface area contributed by atoms with Crippen molar-refractivity contribution < 1.29 is 4.39 Å². The highest BCUT2D eigenvalue weighted by Crippen LogP contribution is 2.30. The first-order chi connectivity index (χ1) is 9.10. The van der Waals surface area contributed by atoms with Crippen LogP contribution >= 0.6 is 15.9 Å². The zero-order valence-corrected chi connectivity index (χ0v) is 13.3. The lowest BCUT2D eigenvalue weighted by atomic mass is 9.92. The highest BCUT2D eigenvalue weighted by atomic mass is 79.9. The van der Waals surface area contributed by atoms with Crippen LogP contribution in [-0.4, -0.2) is 25.2 Å². The molecular weight excluding hydrogens is 307 g/mol. The quantitative estimate of drug-likeness (QED) is 0.903. The van der Waals surface area contributed by atoms with Crippen LogP contribution in [0.15, 0.2) is 22.7 Å². The van der Waals surface area contributed by atoms with Crippen LogP contribution < -0.4 is 10.2 Å². The summed E-state index contributed by atoms with van der Waals surface area (Å²) in [6.45, 7) is 7.38. The first kappa shape index (κ1) is 14.8. The molecule has 2 rings (SSSR count). The van der Waals surface area contributed by atoms with Crippen molar-refractivity contribution in [1.82, 2.24) is 5.32 Å². The molecule has 0 saturated carbocycles. The summed E-state index contributed by atoms with van der Waals surface area (Å²) >= 11 is 3.54. The van der Waals surface area contributed by atoms with Crippen molar-refractivity contribution in [2.24, 2.45) is 0 Å². The third kappa shape index (κ3) is 3.29. The summed E-state index contributed by atoms with van der Waals surface area (Å²) in [7, 11) is 0. The Morgan fingerprint density at radius 2 is 2.11 bits per heavy atom. The number of nitrogens with one attached hydrogen (secondary N) is 1. The number of nitrogens with zero attached hydrogens (tertiary/aromatic N) is 1. The molecule has 4 heteroatoms. The summed E-state index contributed by atoms with van der Waals surface area (Å²) in [6.07, 6.45) is 3.27. The largest absolute Gasteiger partial charge is 0.369 e. The summed E-state index contributed by atoms with van der Waals surface area (Å²) in [5.41, 5.74) is 1.11. The van der Waals surface area contributed by atoms with E-state index in [4.69, 9.17) is 0 Å². The van der Waals surface area contributed by atoms with Crippen LogP contribution in [-0.2, 0) is 0 Å². The van der Waals surface area contributed by atoms with Crippen molar-refractivity contribution in [2.75, 3.05) is 24.5 Å². The monoisotopic (exact) mass is 328 g/mol. The second kappa shape index (κ2) is 6.23. The third-order valence-corrected chi connectivity index (χ3v) is 4.87. The Labute approximate surface area is 123 Å². The van der Waals surface area contributed by atoms with Crippen molar-refractivity contribution in [3.63, 3.8) is 0 Å². The van der Waals surface area contributed by atoms with Gasteiger partial charge in [-0.3, -0.25) is 0 Å². The van der Waals surface area contributed by atoms with Gasteiger partial charge in [0.1, 0.15) is 5.82 Å². The molecule has 2 nitrogen and oxygen atoms in total. The van der Waals surface area contributed by atoms with Crippen molar-refractivity contribution in [3.05, 3.63) is 28.5 Å². The molecule has 1 aliphatic heterocycles. The van der Waals surface area contributed by atoms with Gasteiger partial charge >= 0.3 is 0 Å². The molecule has 106 valence electrons. The van der Waals surface area contributed by atoms with Crippen molar-refractivity contribution in [1.29, 1.82) is 0 Å². The topological polar surface area (TPSA) is 15.3 Å². The highest BCUT2D eigenvalue weighted by molar-refractivity contribution is 9.10. The number of benzene rings is 1. The average molecular weight is 329 g/mol. The molecule has 1 saturated heterocycles. The zero-order chi connectivity index (χ0) is 13.9. The standard InChI is InChI=1S/C15H22BrFN2/c1-3-15(4-2)11-19(9-5-8-18-15)14-10-12(17)6-7-13(14)16/h6-7,10,18H,3-5,8-9,11H2,1-2H3. The number of halogens is 2. The molecule has 0 aliphatic carbocycles. The predicted molar refractivity (Wildman–Crippen MR) is 82.2 cm³/mol. The Kier molecular flexibility index (Phi) is 4.85. The number of hydrogen-bond acceptors (Lipinski definition) is 2. The lowest BCUT2D eigenvalue weighted by Crippen LogP contribution is -2.50. The molecule has 1 fully saturated rings. The van der Waals surface area contributed by atoms with Crippen LogP contribution in [0.3, 0.4) is 0 Å². The Morgan fingerprint density at radius 1 is 1.37 bits per heavy atom. The van der Waals surface area contributed by atoms with E-state index in [9.17, 15) is 4.39 Å². The van der Waals surface area contributed by atoms with E-state index >= 15 is 0 Å². The van der Waals surface area contributed by atoms with Gasteiger partial charge in [0.05, 0.1) is 5.69 Å². The fraction of sp³-hybridized carbons (Fsp3) is 0.600. The maximum Gasteiger partial charge on any atom is 0.125 e. The molecule has 1 aromatic rings. The minimum absolute atomic E-state index is 0.141. The minimum atomic E-state index is -0.172. The molecule has 0 amide bonds. The lowest BCUT2D eigenvalue weighted by Gasteiger charge is -2.36. The van der Waals surface area contributed by atoms with Crippen molar-refractivity contribution in [3.8, 4) is 0 Å². The lowest BCUT2D eigenvalue weighted by molar-refractivity contribution is 0.321. The molecular formula is C15H22BrFN2. The maximum absolute atomic E-state index is 13.5. The zero-order valence-electron chi connectivity index (χ0n) is 11.7. The summed E-state index contributed by atoms with van der Waals surface area (Å²) < 4.78 is 14.5. The van der Waals surface area contributed by atoms with Gasteiger partial charge in [-0.15, -0.1) is 0 Å². The van der Waals surface area contributed by atoms with Crippen LogP contribution in [0.2, 0.25) is 0 Å². The second-order valence-corrected chi connectivity index (χ2v) is 6.14. The summed E-state index contributed by atoms with van der Waals surface area (Å²) in [5.74, 6) is -0.172. The van der Waals surface area contributed by atoms with E-state index in [2.05, 4.69) is 40.0 Å². The minimum Gasteiger partial charge on any atom is -0.369 e. The van der Waals surface area contributed by atoms with Crippen LogP contribution in [0.5, 0.6) is 0 Å². The molecule has 0 spiro atoms. The van der Waals surface area contributed by atoms with E-state index in [1.807, 2.05) is 0 Å². The van der Waals surface area contributed by atoms with Gasteiger partial charge in [0.15, 0.2) is 0 Å². The van der Waals surface area contributed by atoms with E-state index < -0.39 is 0 Å². The van der Waals surface area contributed by atoms with E-state index in [-0.39, 0.29) is 11.4 Å². The van der Waals surface area contributed by atoms with Gasteiger partial charge in [-0.1, -0.05) is 13.8 Å². The molecule has 1 heterocycles. The summed E-state index contributed by atoms with van der Waals surface area (Å²) in [4.78, 5) is 2.31. The number of rotatable bonds is 3.